The number of nitrogens with zero attached hydrogens (tertiary/aromatic N) is 1. The summed E-state index contributed by atoms with van der Waals surface area (Å²) in [6.45, 7) is 4.46. The van der Waals surface area contributed by atoms with E-state index < -0.39 is 0 Å². The predicted octanol–water partition coefficient (Wildman–Crippen LogP) is 0.0896. The van der Waals surface area contributed by atoms with E-state index in [0.29, 0.717) is 12.0 Å². The SMILES string of the molecule is CCCN=C(N)NC1CCOC1. The molecule has 0 amide bonds. The van der Waals surface area contributed by atoms with Crippen LogP contribution in [-0.4, -0.2) is 31.8 Å². The highest BCUT2D eigenvalue weighted by Gasteiger charge is 2.15. The molecule has 0 aromatic carbocycles. The summed E-state index contributed by atoms with van der Waals surface area (Å²) >= 11 is 0. The van der Waals surface area contributed by atoms with E-state index in [4.69, 9.17) is 10.5 Å². The molecular formula is C8H17N3O. The van der Waals surface area contributed by atoms with E-state index in [2.05, 4.69) is 17.2 Å². The fraction of sp³-hybridized carbons (Fsp3) is 0.875. The lowest BCUT2D eigenvalue weighted by molar-refractivity contribution is 0.192. The summed E-state index contributed by atoms with van der Waals surface area (Å²) in [5.74, 6) is 0.548. The molecule has 1 heterocycles. The molecule has 1 aliphatic rings. The number of nitrogens with one attached hydrogen (secondary N) is 1. The van der Waals surface area contributed by atoms with Crippen molar-refractivity contribution in [1.29, 1.82) is 0 Å². The minimum absolute atomic E-state index is 0.366. The maximum atomic E-state index is 5.62. The summed E-state index contributed by atoms with van der Waals surface area (Å²) in [5, 5.41) is 3.12. The van der Waals surface area contributed by atoms with Gasteiger partial charge in [0.25, 0.3) is 0 Å². The van der Waals surface area contributed by atoms with E-state index in [1.165, 1.54) is 0 Å². The van der Waals surface area contributed by atoms with Crippen LogP contribution in [0.5, 0.6) is 0 Å². The lowest BCUT2D eigenvalue weighted by Crippen LogP contribution is -2.40. The molecule has 1 aliphatic heterocycles. The molecule has 70 valence electrons. The number of ether oxygens (including phenoxy) is 1. The van der Waals surface area contributed by atoms with Gasteiger partial charge in [-0.2, -0.15) is 0 Å². The van der Waals surface area contributed by atoms with Crippen molar-refractivity contribution in [3.05, 3.63) is 0 Å². The molecule has 3 N–H and O–H groups in total. The van der Waals surface area contributed by atoms with Crippen molar-refractivity contribution in [1.82, 2.24) is 5.32 Å². The summed E-state index contributed by atoms with van der Waals surface area (Å²) in [6, 6.07) is 0.366. The normalized spacial score (nSPS) is 24.4. The lowest BCUT2D eigenvalue weighted by atomic mass is 10.3. The van der Waals surface area contributed by atoms with Crippen LogP contribution in [-0.2, 0) is 4.74 Å². The van der Waals surface area contributed by atoms with Gasteiger partial charge in [0.1, 0.15) is 0 Å². The van der Waals surface area contributed by atoms with Gasteiger partial charge >= 0.3 is 0 Å². The first kappa shape index (κ1) is 9.32. The van der Waals surface area contributed by atoms with Crippen molar-refractivity contribution in [3.8, 4) is 0 Å². The van der Waals surface area contributed by atoms with Crippen LogP contribution in [0.1, 0.15) is 19.8 Å². The van der Waals surface area contributed by atoms with Crippen molar-refractivity contribution in [2.75, 3.05) is 19.8 Å². The van der Waals surface area contributed by atoms with Gasteiger partial charge in [0.05, 0.1) is 12.6 Å². The molecule has 0 bridgehead atoms. The zero-order valence-electron chi connectivity index (χ0n) is 7.55. The first-order valence-electron chi connectivity index (χ1n) is 4.47. The predicted molar refractivity (Wildman–Crippen MR) is 49.1 cm³/mol. The summed E-state index contributed by atoms with van der Waals surface area (Å²) in [4.78, 5) is 4.13. The Morgan fingerprint density at radius 3 is 3.17 bits per heavy atom. The van der Waals surface area contributed by atoms with E-state index in [1.807, 2.05) is 0 Å². The second kappa shape index (κ2) is 4.98. The zero-order valence-corrected chi connectivity index (χ0v) is 7.55. The highest BCUT2D eigenvalue weighted by atomic mass is 16.5. The Morgan fingerprint density at radius 1 is 1.75 bits per heavy atom. The average Bonchev–Trinajstić information content (AvgIpc) is 2.53. The molecule has 0 aliphatic carbocycles. The lowest BCUT2D eigenvalue weighted by Gasteiger charge is -2.10. The fourth-order valence-electron chi connectivity index (χ4n) is 1.14. The molecule has 12 heavy (non-hydrogen) atoms. The second-order valence-corrected chi connectivity index (χ2v) is 2.97. The van der Waals surface area contributed by atoms with Gasteiger partial charge in [-0.25, -0.2) is 0 Å². The van der Waals surface area contributed by atoms with E-state index in [1.54, 1.807) is 0 Å². The maximum absolute atomic E-state index is 5.62. The fourth-order valence-corrected chi connectivity index (χ4v) is 1.14. The molecule has 0 aromatic rings. The Hall–Kier alpha value is -0.770. The number of guanidine groups is 1. The first-order valence-corrected chi connectivity index (χ1v) is 4.47. The summed E-state index contributed by atoms with van der Waals surface area (Å²) in [5.41, 5.74) is 5.62. The van der Waals surface area contributed by atoms with Gasteiger partial charge in [-0.3, -0.25) is 4.99 Å². The monoisotopic (exact) mass is 171 g/mol. The Bertz CT molecular complexity index is 152. The van der Waals surface area contributed by atoms with Crippen LogP contribution < -0.4 is 11.1 Å². The minimum atomic E-state index is 0.366. The Kier molecular flexibility index (Phi) is 3.87. The van der Waals surface area contributed by atoms with Crippen LogP contribution in [0.25, 0.3) is 0 Å². The minimum Gasteiger partial charge on any atom is -0.379 e. The summed E-state index contributed by atoms with van der Waals surface area (Å²) in [7, 11) is 0. The summed E-state index contributed by atoms with van der Waals surface area (Å²) < 4.78 is 5.19. The zero-order chi connectivity index (χ0) is 8.81. The van der Waals surface area contributed by atoms with Crippen molar-refractivity contribution in [2.45, 2.75) is 25.8 Å². The van der Waals surface area contributed by atoms with Gasteiger partial charge in [0, 0.05) is 13.2 Å². The average molecular weight is 171 g/mol. The molecular weight excluding hydrogens is 154 g/mol. The molecule has 1 rings (SSSR count). The highest BCUT2D eigenvalue weighted by Crippen LogP contribution is 2.02. The second-order valence-electron chi connectivity index (χ2n) is 2.97. The molecule has 1 unspecified atom stereocenters. The summed E-state index contributed by atoms with van der Waals surface area (Å²) in [6.07, 6.45) is 2.06. The molecule has 4 nitrogen and oxygen atoms in total. The van der Waals surface area contributed by atoms with E-state index in [0.717, 1.165) is 32.6 Å². The van der Waals surface area contributed by atoms with Gasteiger partial charge in [-0.05, 0) is 12.8 Å². The molecule has 0 aromatic heterocycles. The highest BCUT2D eigenvalue weighted by molar-refractivity contribution is 5.78. The van der Waals surface area contributed by atoms with Gasteiger partial charge < -0.3 is 15.8 Å². The van der Waals surface area contributed by atoms with Crippen molar-refractivity contribution in [3.63, 3.8) is 0 Å². The molecule has 0 saturated carbocycles. The van der Waals surface area contributed by atoms with E-state index in [9.17, 15) is 0 Å². The third-order valence-electron chi connectivity index (χ3n) is 1.79. The van der Waals surface area contributed by atoms with Gasteiger partial charge in [-0.15, -0.1) is 0 Å². The van der Waals surface area contributed by atoms with Crippen LogP contribution in [0.3, 0.4) is 0 Å². The number of aliphatic imine (C=N–C) groups is 1. The largest absolute Gasteiger partial charge is 0.379 e. The van der Waals surface area contributed by atoms with E-state index >= 15 is 0 Å². The first-order chi connectivity index (χ1) is 5.83. The number of nitrogens with two attached hydrogens (primary N) is 1. The van der Waals surface area contributed by atoms with Crippen LogP contribution in [0.4, 0.5) is 0 Å². The topological polar surface area (TPSA) is 59.6 Å². The smallest absolute Gasteiger partial charge is 0.188 e. The Morgan fingerprint density at radius 2 is 2.58 bits per heavy atom. The molecule has 0 spiro atoms. The molecule has 1 atom stereocenters. The molecule has 1 saturated heterocycles. The molecule has 1 fully saturated rings. The number of rotatable bonds is 3. The van der Waals surface area contributed by atoms with Gasteiger partial charge in [-0.1, -0.05) is 6.92 Å². The van der Waals surface area contributed by atoms with Crippen molar-refractivity contribution < 1.29 is 4.74 Å². The third-order valence-corrected chi connectivity index (χ3v) is 1.79. The molecule has 4 heteroatoms. The van der Waals surface area contributed by atoms with Crippen LogP contribution in [0, 0.1) is 0 Å². The number of hydrogen-bond donors (Lipinski definition) is 2. The standard InChI is InChI=1S/C8H17N3O/c1-2-4-10-8(9)11-7-3-5-12-6-7/h7H,2-6H2,1H3,(H3,9,10,11). The maximum Gasteiger partial charge on any atom is 0.188 e. The van der Waals surface area contributed by atoms with Crippen LogP contribution >= 0.6 is 0 Å². The van der Waals surface area contributed by atoms with E-state index in [-0.39, 0.29) is 0 Å². The van der Waals surface area contributed by atoms with Crippen LogP contribution in [0.2, 0.25) is 0 Å². The Balaban J connectivity index is 2.19. The van der Waals surface area contributed by atoms with Gasteiger partial charge in [0.15, 0.2) is 5.96 Å². The Labute approximate surface area is 73.2 Å². The van der Waals surface area contributed by atoms with Crippen LogP contribution in [0.15, 0.2) is 4.99 Å². The van der Waals surface area contributed by atoms with Crippen molar-refractivity contribution in [2.24, 2.45) is 10.7 Å². The third kappa shape index (κ3) is 3.09. The quantitative estimate of drug-likeness (QED) is 0.467. The number of hydrogen-bond acceptors (Lipinski definition) is 2. The van der Waals surface area contributed by atoms with Gasteiger partial charge in [0.2, 0.25) is 0 Å². The molecule has 0 radical (unpaired) electrons. The van der Waals surface area contributed by atoms with Crippen molar-refractivity contribution >= 4 is 5.96 Å².